The number of halogens is 1. The Hall–Kier alpha value is -1.42. The summed E-state index contributed by atoms with van der Waals surface area (Å²) >= 11 is 0. The number of rotatable bonds is 2. The molecule has 1 aromatic carbocycles. The Morgan fingerprint density at radius 3 is 2.76 bits per heavy atom. The number of benzene rings is 1. The van der Waals surface area contributed by atoms with E-state index >= 15 is 0 Å². The topological polar surface area (TPSA) is 40.5 Å². The first-order valence-electron chi connectivity index (χ1n) is 5.73. The minimum Gasteiger partial charge on any atom is -0.391 e. The largest absolute Gasteiger partial charge is 0.391 e. The van der Waals surface area contributed by atoms with Crippen molar-refractivity contribution in [2.45, 2.75) is 26.4 Å². The van der Waals surface area contributed by atoms with Crippen molar-refractivity contribution < 1.29 is 14.3 Å². The minimum atomic E-state index is -0.362. The maximum atomic E-state index is 13.5. The van der Waals surface area contributed by atoms with Gasteiger partial charge in [-0.1, -0.05) is 0 Å². The Bertz CT molecular complexity index is 459. The molecule has 0 aromatic heterocycles. The molecule has 1 aromatic rings. The van der Waals surface area contributed by atoms with Crippen molar-refractivity contribution in [3.8, 4) is 0 Å². The number of carbonyl (C=O) groups excluding carboxylic acids is 1. The highest BCUT2D eigenvalue weighted by Gasteiger charge is 2.24. The van der Waals surface area contributed by atoms with E-state index in [1.807, 2.05) is 4.90 Å². The number of anilines is 1. The van der Waals surface area contributed by atoms with Gasteiger partial charge in [0.05, 0.1) is 6.10 Å². The smallest absolute Gasteiger partial charge is 0.161 e. The second-order valence-corrected chi connectivity index (χ2v) is 4.56. The number of β-amino-alcohol motifs (C(OH)–C–C–N with tert-alkyl or cyclic N) is 1. The van der Waals surface area contributed by atoms with Crippen LogP contribution in [0, 0.1) is 12.7 Å². The second-order valence-electron chi connectivity index (χ2n) is 4.56. The molecular weight excluding hydrogens is 221 g/mol. The quantitative estimate of drug-likeness (QED) is 0.799. The predicted molar refractivity (Wildman–Crippen MR) is 64.0 cm³/mol. The molecule has 1 saturated heterocycles. The summed E-state index contributed by atoms with van der Waals surface area (Å²) in [7, 11) is 0. The molecule has 1 atom stereocenters. The lowest BCUT2D eigenvalue weighted by Crippen LogP contribution is -2.23. The lowest BCUT2D eigenvalue weighted by Gasteiger charge is -2.21. The van der Waals surface area contributed by atoms with Crippen molar-refractivity contribution in [1.29, 1.82) is 0 Å². The van der Waals surface area contributed by atoms with Gasteiger partial charge in [0.15, 0.2) is 5.78 Å². The molecule has 1 aliphatic heterocycles. The second kappa shape index (κ2) is 4.45. The molecule has 92 valence electrons. The molecule has 1 unspecified atom stereocenters. The number of aliphatic hydroxyl groups is 1. The van der Waals surface area contributed by atoms with Crippen LogP contribution in [0.4, 0.5) is 10.1 Å². The van der Waals surface area contributed by atoms with Crippen molar-refractivity contribution in [3.05, 3.63) is 29.1 Å². The number of nitrogens with zero attached hydrogens (tertiary/aromatic N) is 1. The lowest BCUT2D eigenvalue weighted by atomic mass is 10.1. The Kier molecular flexibility index (Phi) is 3.15. The van der Waals surface area contributed by atoms with E-state index in [1.165, 1.54) is 13.0 Å². The zero-order valence-corrected chi connectivity index (χ0v) is 10.0. The van der Waals surface area contributed by atoms with Crippen LogP contribution in [-0.4, -0.2) is 30.1 Å². The van der Waals surface area contributed by atoms with Gasteiger partial charge in [0, 0.05) is 24.3 Å². The standard InChI is InChI=1S/C13H16FNO2/c1-8-5-13(15-4-3-10(17)7-15)11(9(2)16)6-12(8)14/h5-6,10,17H,3-4,7H2,1-2H3. The van der Waals surface area contributed by atoms with Crippen LogP contribution < -0.4 is 4.90 Å². The van der Waals surface area contributed by atoms with Gasteiger partial charge in [-0.2, -0.15) is 0 Å². The van der Waals surface area contributed by atoms with Gasteiger partial charge in [0.2, 0.25) is 0 Å². The summed E-state index contributed by atoms with van der Waals surface area (Å²) in [6, 6.07) is 2.97. The van der Waals surface area contributed by atoms with Gasteiger partial charge in [0.1, 0.15) is 5.82 Å². The molecule has 0 spiro atoms. The first-order chi connectivity index (χ1) is 7.99. The molecule has 2 rings (SSSR count). The molecule has 4 heteroatoms. The number of carbonyl (C=O) groups is 1. The number of hydrogen-bond donors (Lipinski definition) is 1. The maximum absolute atomic E-state index is 13.5. The fourth-order valence-corrected chi connectivity index (χ4v) is 2.17. The van der Waals surface area contributed by atoms with Crippen molar-refractivity contribution in [2.24, 2.45) is 0 Å². The Labute approximate surface area is 99.9 Å². The number of aryl methyl sites for hydroxylation is 1. The van der Waals surface area contributed by atoms with E-state index in [0.29, 0.717) is 30.6 Å². The summed E-state index contributed by atoms with van der Waals surface area (Å²) in [6.07, 6.45) is 0.327. The first-order valence-corrected chi connectivity index (χ1v) is 5.73. The molecule has 0 aliphatic carbocycles. The highest BCUT2D eigenvalue weighted by molar-refractivity contribution is 6.00. The van der Waals surface area contributed by atoms with E-state index in [-0.39, 0.29) is 17.7 Å². The van der Waals surface area contributed by atoms with Gasteiger partial charge in [0.25, 0.3) is 0 Å². The van der Waals surface area contributed by atoms with Crippen molar-refractivity contribution in [1.82, 2.24) is 0 Å². The molecule has 0 amide bonds. The van der Waals surface area contributed by atoms with Crippen LogP contribution in [0.3, 0.4) is 0 Å². The number of Topliss-reactive ketones (excluding diaryl/α,β-unsaturated/α-hetero) is 1. The molecular formula is C13H16FNO2. The fraction of sp³-hybridized carbons (Fsp3) is 0.462. The number of aliphatic hydroxyl groups excluding tert-OH is 1. The molecule has 3 nitrogen and oxygen atoms in total. The van der Waals surface area contributed by atoms with E-state index in [2.05, 4.69) is 0 Å². The summed E-state index contributed by atoms with van der Waals surface area (Å²) < 4.78 is 13.5. The molecule has 0 bridgehead atoms. The molecule has 1 heterocycles. The molecule has 1 N–H and O–H groups in total. The van der Waals surface area contributed by atoms with E-state index in [1.54, 1.807) is 13.0 Å². The van der Waals surface area contributed by atoms with Gasteiger partial charge in [-0.3, -0.25) is 4.79 Å². The van der Waals surface area contributed by atoms with Crippen LogP contribution in [0.15, 0.2) is 12.1 Å². The Morgan fingerprint density at radius 2 is 2.24 bits per heavy atom. The van der Waals surface area contributed by atoms with Gasteiger partial charge in [-0.25, -0.2) is 4.39 Å². The van der Waals surface area contributed by atoms with E-state index in [0.717, 1.165) is 5.69 Å². The third kappa shape index (κ3) is 2.31. The molecule has 0 radical (unpaired) electrons. The van der Waals surface area contributed by atoms with Crippen LogP contribution in [0.2, 0.25) is 0 Å². The maximum Gasteiger partial charge on any atom is 0.161 e. The highest BCUT2D eigenvalue weighted by Crippen LogP contribution is 2.28. The minimum absolute atomic E-state index is 0.153. The fourth-order valence-electron chi connectivity index (χ4n) is 2.17. The van der Waals surface area contributed by atoms with Gasteiger partial charge < -0.3 is 10.0 Å². The summed E-state index contributed by atoms with van der Waals surface area (Å²) in [5.74, 6) is -0.515. The molecule has 1 aliphatic rings. The molecule has 17 heavy (non-hydrogen) atoms. The molecule has 1 fully saturated rings. The summed E-state index contributed by atoms with van der Waals surface area (Å²) in [6.45, 7) is 4.31. The third-order valence-electron chi connectivity index (χ3n) is 3.16. The normalized spacial score (nSPS) is 19.8. The third-order valence-corrected chi connectivity index (χ3v) is 3.16. The zero-order chi connectivity index (χ0) is 12.6. The first kappa shape index (κ1) is 12.0. The van der Waals surface area contributed by atoms with Crippen molar-refractivity contribution in [3.63, 3.8) is 0 Å². The Balaban J connectivity index is 2.44. The lowest BCUT2D eigenvalue weighted by molar-refractivity contribution is 0.101. The van der Waals surface area contributed by atoms with Crippen LogP contribution in [-0.2, 0) is 0 Å². The van der Waals surface area contributed by atoms with Gasteiger partial charge >= 0.3 is 0 Å². The summed E-state index contributed by atoms with van der Waals surface area (Å²) in [4.78, 5) is 13.5. The summed E-state index contributed by atoms with van der Waals surface area (Å²) in [5, 5.41) is 9.51. The molecule has 0 saturated carbocycles. The van der Waals surface area contributed by atoms with Crippen LogP contribution >= 0.6 is 0 Å². The average molecular weight is 237 g/mol. The van der Waals surface area contributed by atoms with Gasteiger partial charge in [-0.15, -0.1) is 0 Å². The Morgan fingerprint density at radius 1 is 1.53 bits per heavy atom. The van der Waals surface area contributed by atoms with Crippen molar-refractivity contribution in [2.75, 3.05) is 18.0 Å². The van der Waals surface area contributed by atoms with E-state index in [9.17, 15) is 14.3 Å². The summed E-state index contributed by atoms with van der Waals surface area (Å²) in [5.41, 5.74) is 1.64. The predicted octanol–water partition coefficient (Wildman–Crippen LogP) is 1.91. The van der Waals surface area contributed by atoms with Crippen molar-refractivity contribution >= 4 is 11.5 Å². The highest BCUT2D eigenvalue weighted by atomic mass is 19.1. The SMILES string of the molecule is CC(=O)c1cc(F)c(C)cc1N1CCC(O)C1. The van der Waals surface area contributed by atoms with Crippen LogP contribution in [0.25, 0.3) is 0 Å². The number of hydrogen-bond acceptors (Lipinski definition) is 3. The zero-order valence-electron chi connectivity index (χ0n) is 10.0. The van der Waals surface area contributed by atoms with E-state index < -0.39 is 0 Å². The van der Waals surface area contributed by atoms with Crippen LogP contribution in [0.5, 0.6) is 0 Å². The van der Waals surface area contributed by atoms with Gasteiger partial charge in [-0.05, 0) is 38.0 Å². The van der Waals surface area contributed by atoms with E-state index in [4.69, 9.17) is 0 Å². The average Bonchev–Trinajstić information content (AvgIpc) is 2.68. The number of ketones is 1. The van der Waals surface area contributed by atoms with Crippen LogP contribution in [0.1, 0.15) is 29.3 Å². The monoisotopic (exact) mass is 237 g/mol.